The zero-order valence-corrected chi connectivity index (χ0v) is 10.2. The molecule has 0 aliphatic carbocycles. The zero-order valence-electron chi connectivity index (χ0n) is 10.2. The minimum absolute atomic E-state index is 0.209. The lowest BCUT2D eigenvalue weighted by atomic mass is 10.2. The lowest BCUT2D eigenvalue weighted by molar-refractivity contribution is -0.116. The zero-order chi connectivity index (χ0) is 12.0. The van der Waals surface area contributed by atoms with Gasteiger partial charge in [-0.1, -0.05) is 12.1 Å². The minimum atomic E-state index is 0.209. The van der Waals surface area contributed by atoms with E-state index in [1.165, 1.54) is 0 Å². The smallest absolute Gasteiger partial charge is 0.142 e. The Kier molecular flexibility index (Phi) is 4.83. The first kappa shape index (κ1) is 12.6. The topological polar surface area (TPSA) is 29.5 Å². The Hall–Kier alpha value is -1.51. The summed E-state index contributed by atoms with van der Waals surface area (Å²) in [5, 5.41) is 0. The first-order chi connectivity index (χ1) is 7.65. The van der Waals surface area contributed by atoms with Crippen LogP contribution in [0.15, 0.2) is 24.3 Å². The summed E-state index contributed by atoms with van der Waals surface area (Å²) in [4.78, 5) is 13.0. The van der Waals surface area contributed by atoms with E-state index in [0.717, 1.165) is 18.0 Å². The molecular formula is C13H19NO2. The van der Waals surface area contributed by atoms with E-state index in [4.69, 9.17) is 4.74 Å². The van der Waals surface area contributed by atoms with Gasteiger partial charge in [0.15, 0.2) is 0 Å². The van der Waals surface area contributed by atoms with E-state index >= 15 is 0 Å². The maximum atomic E-state index is 10.9. The van der Waals surface area contributed by atoms with Gasteiger partial charge in [0.05, 0.1) is 12.3 Å². The van der Waals surface area contributed by atoms with Gasteiger partial charge in [-0.25, -0.2) is 0 Å². The molecule has 1 rings (SSSR count). The summed E-state index contributed by atoms with van der Waals surface area (Å²) in [5.74, 6) is 1.08. The van der Waals surface area contributed by atoms with Crippen LogP contribution in [0.5, 0.6) is 5.75 Å². The number of para-hydroxylation sites is 2. The Balaban J connectivity index is 2.73. The molecule has 0 radical (unpaired) electrons. The molecule has 0 amide bonds. The molecule has 0 fully saturated rings. The molecule has 1 aromatic carbocycles. The number of nitrogens with zero attached hydrogens (tertiary/aromatic N) is 1. The van der Waals surface area contributed by atoms with Gasteiger partial charge in [0.2, 0.25) is 0 Å². The molecule has 0 aliphatic rings. The van der Waals surface area contributed by atoms with Gasteiger partial charge in [0.25, 0.3) is 0 Å². The van der Waals surface area contributed by atoms with Crippen molar-refractivity contribution < 1.29 is 9.53 Å². The van der Waals surface area contributed by atoms with E-state index in [0.29, 0.717) is 13.0 Å². The number of benzene rings is 1. The number of carbonyl (C=O) groups is 1. The van der Waals surface area contributed by atoms with Crippen LogP contribution in [0.1, 0.15) is 20.3 Å². The van der Waals surface area contributed by atoms with Gasteiger partial charge in [-0.3, -0.25) is 4.79 Å². The number of carbonyl (C=O) groups excluding carboxylic acids is 1. The highest BCUT2D eigenvalue weighted by Crippen LogP contribution is 2.26. The quantitative estimate of drug-likeness (QED) is 0.739. The van der Waals surface area contributed by atoms with E-state index in [2.05, 4.69) is 0 Å². The summed E-state index contributed by atoms with van der Waals surface area (Å²) in [7, 11) is 1.97. The Morgan fingerprint density at radius 2 is 2.06 bits per heavy atom. The van der Waals surface area contributed by atoms with Crippen LogP contribution in [-0.2, 0) is 4.79 Å². The third-order valence-electron chi connectivity index (χ3n) is 2.38. The second-order valence-electron chi connectivity index (χ2n) is 3.77. The molecule has 0 aliphatic heterocycles. The molecule has 3 nitrogen and oxygen atoms in total. The molecule has 0 aromatic heterocycles. The fourth-order valence-electron chi connectivity index (χ4n) is 1.50. The normalized spacial score (nSPS) is 9.94. The number of rotatable bonds is 6. The molecule has 0 unspecified atom stereocenters. The molecule has 0 bridgehead atoms. The Morgan fingerprint density at radius 1 is 1.38 bits per heavy atom. The van der Waals surface area contributed by atoms with Crippen LogP contribution < -0.4 is 9.64 Å². The average Bonchev–Trinajstić information content (AvgIpc) is 2.27. The lowest BCUT2D eigenvalue weighted by Crippen LogP contribution is -2.21. The number of Topliss-reactive ketones (excluding diaryl/α,β-unsaturated/α-hetero) is 1. The van der Waals surface area contributed by atoms with E-state index in [1.807, 2.05) is 43.1 Å². The molecule has 88 valence electrons. The summed E-state index contributed by atoms with van der Waals surface area (Å²) >= 11 is 0. The molecule has 0 heterocycles. The van der Waals surface area contributed by atoms with Gasteiger partial charge in [0.1, 0.15) is 11.5 Å². The van der Waals surface area contributed by atoms with Crippen molar-refractivity contribution in [2.24, 2.45) is 0 Å². The van der Waals surface area contributed by atoms with Crippen molar-refractivity contribution in [1.82, 2.24) is 0 Å². The first-order valence-corrected chi connectivity index (χ1v) is 5.57. The van der Waals surface area contributed by atoms with Gasteiger partial charge in [-0.15, -0.1) is 0 Å². The average molecular weight is 221 g/mol. The van der Waals surface area contributed by atoms with Crippen LogP contribution in [0.4, 0.5) is 5.69 Å². The molecule has 0 saturated heterocycles. The van der Waals surface area contributed by atoms with Crippen LogP contribution >= 0.6 is 0 Å². The largest absolute Gasteiger partial charge is 0.492 e. The Bertz CT molecular complexity index is 350. The third kappa shape index (κ3) is 3.57. The molecule has 16 heavy (non-hydrogen) atoms. The fraction of sp³-hybridized carbons (Fsp3) is 0.462. The van der Waals surface area contributed by atoms with E-state index in [-0.39, 0.29) is 5.78 Å². The third-order valence-corrected chi connectivity index (χ3v) is 2.38. The van der Waals surface area contributed by atoms with Gasteiger partial charge >= 0.3 is 0 Å². The number of anilines is 1. The second-order valence-corrected chi connectivity index (χ2v) is 3.77. The van der Waals surface area contributed by atoms with Crippen molar-refractivity contribution in [2.45, 2.75) is 20.3 Å². The highest BCUT2D eigenvalue weighted by Gasteiger charge is 2.07. The lowest BCUT2D eigenvalue weighted by Gasteiger charge is -2.21. The molecule has 0 saturated carbocycles. The van der Waals surface area contributed by atoms with Crippen molar-refractivity contribution >= 4 is 11.5 Å². The summed E-state index contributed by atoms with van der Waals surface area (Å²) in [6.45, 7) is 4.95. The fourth-order valence-corrected chi connectivity index (χ4v) is 1.50. The number of hydrogen-bond acceptors (Lipinski definition) is 3. The van der Waals surface area contributed by atoms with E-state index < -0.39 is 0 Å². The summed E-state index contributed by atoms with van der Waals surface area (Å²) in [5.41, 5.74) is 1.03. The predicted molar refractivity (Wildman–Crippen MR) is 66.2 cm³/mol. The molecular weight excluding hydrogens is 202 g/mol. The standard InChI is InChI=1S/C13H19NO2/c1-4-16-13-8-6-5-7-12(13)14(3)10-9-11(2)15/h5-8H,4,9-10H2,1-3H3. The second kappa shape index (κ2) is 6.16. The van der Waals surface area contributed by atoms with Crippen LogP contribution in [0.3, 0.4) is 0 Å². The number of ketones is 1. The SMILES string of the molecule is CCOc1ccccc1N(C)CCC(C)=O. The van der Waals surface area contributed by atoms with Crippen molar-refractivity contribution in [2.75, 3.05) is 25.1 Å². The molecule has 1 aromatic rings. The maximum Gasteiger partial charge on any atom is 0.142 e. The molecule has 0 atom stereocenters. The van der Waals surface area contributed by atoms with Crippen molar-refractivity contribution in [3.8, 4) is 5.75 Å². The van der Waals surface area contributed by atoms with Crippen molar-refractivity contribution in [1.29, 1.82) is 0 Å². The van der Waals surface area contributed by atoms with E-state index in [9.17, 15) is 4.79 Å². The summed E-state index contributed by atoms with van der Waals surface area (Å²) < 4.78 is 5.54. The Labute approximate surface area is 97.0 Å². The first-order valence-electron chi connectivity index (χ1n) is 5.57. The van der Waals surface area contributed by atoms with Gasteiger partial charge in [-0.05, 0) is 26.0 Å². The molecule has 0 N–H and O–H groups in total. The predicted octanol–water partition coefficient (Wildman–Crippen LogP) is 2.50. The Morgan fingerprint density at radius 3 is 2.69 bits per heavy atom. The molecule has 3 heteroatoms. The van der Waals surface area contributed by atoms with Crippen LogP contribution in [-0.4, -0.2) is 26.0 Å². The summed E-state index contributed by atoms with van der Waals surface area (Å²) in [6, 6.07) is 7.88. The maximum absolute atomic E-state index is 10.9. The van der Waals surface area contributed by atoms with Crippen molar-refractivity contribution in [3.63, 3.8) is 0 Å². The van der Waals surface area contributed by atoms with Crippen LogP contribution in [0, 0.1) is 0 Å². The highest BCUT2D eigenvalue weighted by atomic mass is 16.5. The monoisotopic (exact) mass is 221 g/mol. The van der Waals surface area contributed by atoms with Gasteiger partial charge in [-0.2, -0.15) is 0 Å². The van der Waals surface area contributed by atoms with Gasteiger partial charge in [0, 0.05) is 20.0 Å². The number of ether oxygens (including phenoxy) is 1. The van der Waals surface area contributed by atoms with E-state index in [1.54, 1.807) is 6.92 Å². The van der Waals surface area contributed by atoms with Crippen LogP contribution in [0.2, 0.25) is 0 Å². The highest BCUT2D eigenvalue weighted by molar-refractivity contribution is 5.76. The van der Waals surface area contributed by atoms with Gasteiger partial charge < -0.3 is 9.64 Å². The van der Waals surface area contributed by atoms with Crippen molar-refractivity contribution in [3.05, 3.63) is 24.3 Å². The molecule has 0 spiro atoms. The van der Waals surface area contributed by atoms with Crippen LogP contribution in [0.25, 0.3) is 0 Å². The summed E-state index contributed by atoms with van der Waals surface area (Å²) in [6.07, 6.45) is 0.566. The number of hydrogen-bond donors (Lipinski definition) is 0. The minimum Gasteiger partial charge on any atom is -0.492 e.